The fourth-order valence-electron chi connectivity index (χ4n) is 2.84. The van der Waals surface area contributed by atoms with Gasteiger partial charge in [0.1, 0.15) is 6.23 Å². The fraction of sp³-hybridized carbons (Fsp3) is 0.500. The number of fused-ring (bicyclic) bond motifs is 1. The maximum atomic E-state index is 12.1. The number of piperidine rings is 1. The normalized spacial score (nSPS) is 32.6. The zero-order valence-corrected chi connectivity index (χ0v) is 10.0. The van der Waals surface area contributed by atoms with Crippen molar-refractivity contribution in [3.8, 4) is 0 Å². The second kappa shape index (κ2) is 4.15. The molecule has 3 rings (SSSR count). The van der Waals surface area contributed by atoms with Gasteiger partial charge >= 0.3 is 0 Å². The molecule has 0 aliphatic carbocycles. The molecule has 3 atom stereocenters. The van der Waals surface area contributed by atoms with Gasteiger partial charge in [0.25, 0.3) is 0 Å². The van der Waals surface area contributed by atoms with E-state index < -0.39 is 0 Å². The van der Waals surface area contributed by atoms with Gasteiger partial charge in [-0.2, -0.15) is 0 Å². The minimum atomic E-state index is -0.0125. The lowest BCUT2D eigenvalue weighted by atomic mass is 9.95. The van der Waals surface area contributed by atoms with Gasteiger partial charge in [0, 0.05) is 12.3 Å². The van der Waals surface area contributed by atoms with E-state index in [2.05, 4.69) is 19.1 Å². The molecule has 0 radical (unpaired) electrons. The molecule has 2 unspecified atom stereocenters. The highest BCUT2D eigenvalue weighted by molar-refractivity contribution is 5.78. The van der Waals surface area contributed by atoms with Crippen LogP contribution in [0.5, 0.6) is 0 Å². The van der Waals surface area contributed by atoms with Crippen molar-refractivity contribution in [2.75, 3.05) is 6.61 Å². The molecule has 0 N–H and O–H groups in total. The van der Waals surface area contributed by atoms with E-state index in [1.807, 2.05) is 23.1 Å². The first-order valence-electron chi connectivity index (χ1n) is 6.25. The molecule has 2 fully saturated rings. The second-order valence-corrected chi connectivity index (χ2v) is 4.97. The second-order valence-electron chi connectivity index (χ2n) is 4.97. The fourth-order valence-corrected chi connectivity index (χ4v) is 2.84. The van der Waals surface area contributed by atoms with Crippen molar-refractivity contribution < 1.29 is 9.53 Å². The molecule has 1 aromatic carbocycles. The predicted octanol–water partition coefficient (Wildman–Crippen LogP) is 2.34. The quantitative estimate of drug-likeness (QED) is 0.742. The third-order valence-corrected chi connectivity index (χ3v) is 3.81. The molecule has 2 heterocycles. The minimum Gasteiger partial charge on any atom is -0.355 e. The summed E-state index contributed by atoms with van der Waals surface area (Å²) in [5.74, 6) is 0.681. The average Bonchev–Trinajstić information content (AvgIpc) is 2.81. The molecule has 2 saturated heterocycles. The monoisotopic (exact) mass is 231 g/mol. The van der Waals surface area contributed by atoms with Gasteiger partial charge in [-0.25, -0.2) is 0 Å². The summed E-state index contributed by atoms with van der Waals surface area (Å²) in [4.78, 5) is 14.0. The van der Waals surface area contributed by atoms with Crippen LogP contribution < -0.4 is 0 Å². The van der Waals surface area contributed by atoms with Crippen molar-refractivity contribution in [1.29, 1.82) is 0 Å². The summed E-state index contributed by atoms with van der Waals surface area (Å²) < 4.78 is 5.81. The minimum absolute atomic E-state index is 0.0125. The van der Waals surface area contributed by atoms with Crippen LogP contribution in [0.3, 0.4) is 0 Å². The molecule has 0 spiro atoms. The van der Waals surface area contributed by atoms with Crippen LogP contribution in [0, 0.1) is 5.92 Å². The van der Waals surface area contributed by atoms with Crippen LogP contribution in [-0.2, 0) is 9.53 Å². The first kappa shape index (κ1) is 10.8. The molecular formula is C14H17NO2. The number of benzene rings is 1. The molecule has 0 aromatic heterocycles. The van der Waals surface area contributed by atoms with E-state index in [9.17, 15) is 4.79 Å². The Bertz CT molecular complexity index is 417. The number of nitrogens with zero attached hydrogens (tertiary/aromatic N) is 1. The summed E-state index contributed by atoms with van der Waals surface area (Å²) >= 11 is 0. The summed E-state index contributed by atoms with van der Waals surface area (Å²) in [6.07, 6.45) is 1.59. The van der Waals surface area contributed by atoms with Crippen molar-refractivity contribution in [2.45, 2.75) is 32.0 Å². The van der Waals surface area contributed by atoms with Crippen molar-refractivity contribution in [3.05, 3.63) is 35.9 Å². The zero-order chi connectivity index (χ0) is 11.8. The Morgan fingerprint density at radius 2 is 2.06 bits per heavy atom. The van der Waals surface area contributed by atoms with Crippen LogP contribution in [0.2, 0.25) is 0 Å². The van der Waals surface area contributed by atoms with Gasteiger partial charge in [-0.1, -0.05) is 37.3 Å². The highest BCUT2D eigenvalue weighted by Gasteiger charge is 2.43. The lowest BCUT2D eigenvalue weighted by Crippen LogP contribution is -2.45. The highest BCUT2D eigenvalue weighted by atomic mass is 16.5. The molecule has 2 aliphatic rings. The molecular weight excluding hydrogens is 214 g/mol. The van der Waals surface area contributed by atoms with E-state index in [4.69, 9.17) is 4.74 Å². The smallest absolute Gasteiger partial charge is 0.225 e. The molecule has 3 heteroatoms. The SMILES string of the molecule is CC1CCC(=O)N2C(c3ccccc3)CO[C@H]12. The summed E-state index contributed by atoms with van der Waals surface area (Å²) in [6.45, 7) is 2.79. The van der Waals surface area contributed by atoms with Crippen molar-refractivity contribution in [3.63, 3.8) is 0 Å². The summed E-state index contributed by atoms with van der Waals surface area (Å²) in [7, 11) is 0. The van der Waals surface area contributed by atoms with E-state index in [-0.39, 0.29) is 18.2 Å². The summed E-state index contributed by atoms with van der Waals surface area (Å²) in [5, 5.41) is 0. The Hall–Kier alpha value is -1.35. The van der Waals surface area contributed by atoms with Crippen LogP contribution in [0.25, 0.3) is 0 Å². The van der Waals surface area contributed by atoms with Crippen LogP contribution in [0.4, 0.5) is 0 Å². The van der Waals surface area contributed by atoms with E-state index in [0.717, 1.165) is 6.42 Å². The Morgan fingerprint density at radius 3 is 2.82 bits per heavy atom. The van der Waals surface area contributed by atoms with Crippen LogP contribution in [-0.4, -0.2) is 23.6 Å². The molecule has 1 aromatic rings. The van der Waals surface area contributed by atoms with Crippen molar-refractivity contribution in [1.82, 2.24) is 4.90 Å². The van der Waals surface area contributed by atoms with Crippen molar-refractivity contribution >= 4 is 5.91 Å². The van der Waals surface area contributed by atoms with E-state index in [1.54, 1.807) is 0 Å². The molecule has 2 aliphatic heterocycles. The van der Waals surface area contributed by atoms with Gasteiger partial charge in [-0.3, -0.25) is 4.79 Å². The third-order valence-electron chi connectivity index (χ3n) is 3.81. The molecule has 0 saturated carbocycles. The number of carbonyl (C=O) groups excluding carboxylic acids is 1. The Balaban J connectivity index is 1.91. The largest absolute Gasteiger partial charge is 0.355 e. The maximum Gasteiger partial charge on any atom is 0.225 e. The lowest BCUT2D eigenvalue weighted by molar-refractivity contribution is -0.146. The molecule has 1 amide bonds. The Labute approximate surface area is 101 Å². The highest BCUT2D eigenvalue weighted by Crippen LogP contribution is 2.38. The van der Waals surface area contributed by atoms with Gasteiger partial charge in [0.05, 0.1) is 12.6 Å². The van der Waals surface area contributed by atoms with Crippen LogP contribution in [0.15, 0.2) is 30.3 Å². The number of hydrogen-bond acceptors (Lipinski definition) is 2. The van der Waals surface area contributed by atoms with Gasteiger partial charge < -0.3 is 9.64 Å². The number of carbonyl (C=O) groups is 1. The predicted molar refractivity (Wildman–Crippen MR) is 64.2 cm³/mol. The van der Waals surface area contributed by atoms with Crippen LogP contribution in [0.1, 0.15) is 31.4 Å². The van der Waals surface area contributed by atoms with Gasteiger partial charge in [-0.05, 0) is 12.0 Å². The molecule has 3 nitrogen and oxygen atoms in total. The van der Waals surface area contributed by atoms with Gasteiger partial charge in [0.2, 0.25) is 5.91 Å². The van der Waals surface area contributed by atoms with Gasteiger partial charge in [0.15, 0.2) is 0 Å². The summed E-state index contributed by atoms with van der Waals surface area (Å²) in [6, 6.07) is 10.3. The first-order chi connectivity index (χ1) is 8.27. The topological polar surface area (TPSA) is 29.5 Å². The van der Waals surface area contributed by atoms with Crippen LogP contribution >= 0.6 is 0 Å². The summed E-state index contributed by atoms with van der Waals surface area (Å²) in [5.41, 5.74) is 1.18. The number of hydrogen-bond donors (Lipinski definition) is 0. The maximum absolute atomic E-state index is 12.1. The number of ether oxygens (including phenoxy) is 1. The Morgan fingerprint density at radius 1 is 1.29 bits per heavy atom. The molecule has 0 bridgehead atoms. The van der Waals surface area contributed by atoms with E-state index in [1.165, 1.54) is 5.56 Å². The molecule has 17 heavy (non-hydrogen) atoms. The van der Waals surface area contributed by atoms with Gasteiger partial charge in [-0.15, -0.1) is 0 Å². The number of amides is 1. The molecule has 90 valence electrons. The van der Waals surface area contributed by atoms with Crippen molar-refractivity contribution in [2.24, 2.45) is 5.92 Å². The van der Waals surface area contributed by atoms with E-state index in [0.29, 0.717) is 18.9 Å². The average molecular weight is 231 g/mol. The third kappa shape index (κ3) is 1.75. The Kier molecular flexibility index (Phi) is 2.63. The zero-order valence-electron chi connectivity index (χ0n) is 10.0. The lowest BCUT2D eigenvalue weighted by Gasteiger charge is -2.36. The number of rotatable bonds is 1. The standard InChI is InChI=1S/C14H17NO2/c1-10-7-8-13(16)15-12(9-17-14(10)15)11-5-3-2-4-6-11/h2-6,10,12,14H,7-9H2,1H3/t10?,12?,14-/m1/s1. The van der Waals surface area contributed by atoms with E-state index >= 15 is 0 Å². The first-order valence-corrected chi connectivity index (χ1v) is 6.25.